The van der Waals surface area contributed by atoms with Gasteiger partial charge in [-0.3, -0.25) is 5.32 Å². The van der Waals surface area contributed by atoms with Gasteiger partial charge in [0.05, 0.1) is 10.2 Å². The molecule has 3 heterocycles. The Kier molecular flexibility index (Phi) is 5.17. The van der Waals surface area contributed by atoms with E-state index in [0.717, 1.165) is 47.8 Å². The first kappa shape index (κ1) is 17.7. The molecule has 0 radical (unpaired) electrons. The smallest absolute Gasteiger partial charge is 0.321 e. The van der Waals surface area contributed by atoms with Gasteiger partial charge < -0.3 is 15.1 Å². The molecular weight excluding hydrogens is 360 g/mol. The Morgan fingerprint density at radius 2 is 1.96 bits per heavy atom. The predicted octanol–water partition coefficient (Wildman–Crippen LogP) is 2.76. The molecule has 0 spiro atoms. The van der Waals surface area contributed by atoms with Crippen LogP contribution < -0.4 is 15.5 Å². The molecule has 2 N–H and O–H groups in total. The minimum atomic E-state index is -0.266. The van der Waals surface area contributed by atoms with Crippen LogP contribution in [0.2, 0.25) is 0 Å². The van der Waals surface area contributed by atoms with Crippen LogP contribution in [0.25, 0.3) is 10.2 Å². The minimum Gasteiger partial charge on any atom is -0.354 e. The zero-order valence-corrected chi connectivity index (χ0v) is 16.0. The molecule has 140 valence electrons. The summed E-state index contributed by atoms with van der Waals surface area (Å²) in [5.41, 5.74) is 1.86. The Balaban J connectivity index is 1.29. The van der Waals surface area contributed by atoms with Crippen LogP contribution in [0.15, 0.2) is 42.6 Å². The lowest BCUT2D eigenvalue weighted by Crippen LogP contribution is -2.44. The van der Waals surface area contributed by atoms with Gasteiger partial charge in [-0.25, -0.2) is 14.8 Å². The molecule has 1 aliphatic rings. The average molecular weight is 382 g/mol. The van der Waals surface area contributed by atoms with Gasteiger partial charge in [-0.1, -0.05) is 29.5 Å². The van der Waals surface area contributed by atoms with E-state index in [1.165, 1.54) is 11.3 Å². The van der Waals surface area contributed by atoms with Gasteiger partial charge in [-0.15, -0.1) is 0 Å². The van der Waals surface area contributed by atoms with Gasteiger partial charge in [0.1, 0.15) is 5.82 Å². The minimum absolute atomic E-state index is 0.266. The Hall–Kier alpha value is -2.71. The first-order valence-electron chi connectivity index (χ1n) is 8.96. The van der Waals surface area contributed by atoms with Crippen LogP contribution in [0.3, 0.4) is 0 Å². The number of hydrogen-bond acceptors (Lipinski definition) is 6. The summed E-state index contributed by atoms with van der Waals surface area (Å²) in [5.74, 6) is 0.991. The summed E-state index contributed by atoms with van der Waals surface area (Å²) in [5, 5.41) is 6.24. The van der Waals surface area contributed by atoms with Gasteiger partial charge in [0.2, 0.25) is 0 Å². The number of benzene rings is 1. The van der Waals surface area contributed by atoms with E-state index in [9.17, 15) is 4.79 Å². The fraction of sp³-hybridized carbons (Fsp3) is 0.316. The summed E-state index contributed by atoms with van der Waals surface area (Å²) in [6.07, 6.45) is 1.83. The van der Waals surface area contributed by atoms with Crippen LogP contribution in [0.4, 0.5) is 15.7 Å². The highest BCUT2D eigenvalue weighted by Crippen LogP contribution is 2.25. The van der Waals surface area contributed by atoms with Crippen LogP contribution in [0.5, 0.6) is 0 Å². The Labute approximate surface area is 162 Å². The SMILES string of the molecule is CN1CCN(c2ccc(CNC(=O)Nc3nc4ccccc4s3)cn2)CC1. The van der Waals surface area contributed by atoms with E-state index in [4.69, 9.17) is 0 Å². The number of para-hydroxylation sites is 1. The molecule has 1 fully saturated rings. The molecule has 4 rings (SSSR count). The van der Waals surface area contributed by atoms with Crippen molar-refractivity contribution >= 4 is 38.5 Å². The number of hydrogen-bond donors (Lipinski definition) is 2. The first-order valence-corrected chi connectivity index (χ1v) is 9.78. The standard InChI is InChI=1S/C19H22N6OS/c1-24-8-10-25(11-9-24)17-7-6-14(12-20-17)13-21-18(26)23-19-22-15-4-2-3-5-16(15)27-19/h2-7,12H,8-11,13H2,1H3,(H2,21,22,23,26). The highest BCUT2D eigenvalue weighted by atomic mass is 32.1. The van der Waals surface area contributed by atoms with Crippen LogP contribution in [0.1, 0.15) is 5.56 Å². The Morgan fingerprint density at radius 1 is 1.15 bits per heavy atom. The van der Waals surface area contributed by atoms with Crippen molar-refractivity contribution in [2.45, 2.75) is 6.54 Å². The van der Waals surface area contributed by atoms with Crippen molar-refractivity contribution in [1.82, 2.24) is 20.2 Å². The highest BCUT2D eigenvalue weighted by Gasteiger charge is 2.15. The van der Waals surface area contributed by atoms with Crippen molar-refractivity contribution in [3.63, 3.8) is 0 Å². The zero-order chi connectivity index (χ0) is 18.6. The maximum absolute atomic E-state index is 12.1. The van der Waals surface area contributed by atoms with E-state index in [2.05, 4.69) is 37.4 Å². The van der Waals surface area contributed by atoms with E-state index in [1.54, 1.807) is 0 Å². The number of aromatic nitrogens is 2. The molecule has 3 aromatic rings. The normalized spacial score (nSPS) is 15.1. The van der Waals surface area contributed by atoms with Gasteiger partial charge >= 0.3 is 6.03 Å². The van der Waals surface area contributed by atoms with Crippen LogP contribution in [-0.2, 0) is 6.54 Å². The van der Waals surface area contributed by atoms with Crippen molar-refractivity contribution < 1.29 is 4.79 Å². The number of carbonyl (C=O) groups is 1. The Bertz CT molecular complexity index is 884. The maximum Gasteiger partial charge on any atom is 0.321 e. The van der Waals surface area contributed by atoms with Gasteiger partial charge in [-0.2, -0.15) is 0 Å². The molecule has 0 atom stereocenters. The van der Waals surface area contributed by atoms with E-state index in [-0.39, 0.29) is 6.03 Å². The van der Waals surface area contributed by atoms with E-state index in [0.29, 0.717) is 11.7 Å². The lowest BCUT2D eigenvalue weighted by molar-refractivity contribution is 0.251. The number of rotatable bonds is 4. The molecule has 1 aliphatic heterocycles. The van der Waals surface area contributed by atoms with Crippen LogP contribution >= 0.6 is 11.3 Å². The fourth-order valence-corrected chi connectivity index (χ4v) is 3.85. The number of nitrogens with one attached hydrogen (secondary N) is 2. The van der Waals surface area contributed by atoms with Crippen LogP contribution in [0, 0.1) is 0 Å². The van der Waals surface area contributed by atoms with Crippen molar-refractivity contribution in [1.29, 1.82) is 0 Å². The number of fused-ring (bicyclic) bond motifs is 1. The molecule has 0 aliphatic carbocycles. The fourth-order valence-electron chi connectivity index (χ4n) is 2.99. The summed E-state index contributed by atoms with van der Waals surface area (Å²) < 4.78 is 1.05. The Morgan fingerprint density at radius 3 is 2.70 bits per heavy atom. The van der Waals surface area contributed by atoms with Crippen molar-refractivity contribution in [2.75, 3.05) is 43.4 Å². The quantitative estimate of drug-likeness (QED) is 0.726. The number of urea groups is 1. The van der Waals surface area contributed by atoms with Crippen molar-refractivity contribution in [3.8, 4) is 0 Å². The molecular formula is C19H22N6OS. The topological polar surface area (TPSA) is 73.4 Å². The molecule has 8 heteroatoms. The number of nitrogens with zero attached hydrogens (tertiary/aromatic N) is 4. The van der Waals surface area contributed by atoms with Crippen molar-refractivity contribution in [2.24, 2.45) is 0 Å². The van der Waals surface area contributed by atoms with Crippen LogP contribution in [-0.4, -0.2) is 54.1 Å². The molecule has 1 aromatic carbocycles. The number of anilines is 2. The number of amides is 2. The summed E-state index contributed by atoms with van der Waals surface area (Å²) >= 11 is 1.46. The third-order valence-corrected chi connectivity index (χ3v) is 5.56. The lowest BCUT2D eigenvalue weighted by atomic mass is 10.2. The molecule has 1 saturated heterocycles. The van der Waals surface area contributed by atoms with Gasteiger partial charge in [0.25, 0.3) is 0 Å². The number of carbonyl (C=O) groups excluding carboxylic acids is 1. The molecule has 0 bridgehead atoms. The second kappa shape index (κ2) is 7.89. The number of piperazine rings is 1. The van der Waals surface area contributed by atoms with E-state index < -0.39 is 0 Å². The monoisotopic (exact) mass is 382 g/mol. The molecule has 0 saturated carbocycles. The third-order valence-electron chi connectivity index (χ3n) is 4.60. The molecule has 27 heavy (non-hydrogen) atoms. The number of thiazole rings is 1. The van der Waals surface area contributed by atoms with E-state index >= 15 is 0 Å². The maximum atomic E-state index is 12.1. The third kappa shape index (κ3) is 4.35. The first-order chi connectivity index (χ1) is 13.2. The molecule has 7 nitrogen and oxygen atoms in total. The highest BCUT2D eigenvalue weighted by molar-refractivity contribution is 7.22. The molecule has 2 aromatic heterocycles. The number of likely N-dealkylation sites (N-methyl/N-ethyl adjacent to an activating group) is 1. The second-order valence-electron chi connectivity index (χ2n) is 6.61. The zero-order valence-electron chi connectivity index (χ0n) is 15.2. The van der Waals surface area contributed by atoms with E-state index in [1.807, 2.05) is 42.6 Å². The molecule has 2 amide bonds. The number of pyridine rings is 1. The summed E-state index contributed by atoms with van der Waals surface area (Å²) in [6, 6.07) is 11.6. The second-order valence-corrected chi connectivity index (χ2v) is 7.64. The van der Waals surface area contributed by atoms with Gasteiger partial charge in [0.15, 0.2) is 5.13 Å². The average Bonchev–Trinajstić information content (AvgIpc) is 3.09. The van der Waals surface area contributed by atoms with Gasteiger partial charge in [-0.05, 0) is 30.8 Å². The lowest BCUT2D eigenvalue weighted by Gasteiger charge is -2.33. The summed E-state index contributed by atoms with van der Waals surface area (Å²) in [4.78, 5) is 25.7. The summed E-state index contributed by atoms with van der Waals surface area (Å²) in [6.45, 7) is 4.51. The molecule has 0 unspecified atom stereocenters. The van der Waals surface area contributed by atoms with Gasteiger partial charge in [0, 0.05) is 38.9 Å². The summed E-state index contributed by atoms with van der Waals surface area (Å²) in [7, 11) is 2.14. The largest absolute Gasteiger partial charge is 0.354 e. The van der Waals surface area contributed by atoms with Crippen molar-refractivity contribution in [3.05, 3.63) is 48.2 Å². The predicted molar refractivity (Wildman–Crippen MR) is 109 cm³/mol.